The van der Waals surface area contributed by atoms with Gasteiger partial charge < -0.3 is 20.2 Å². The first-order chi connectivity index (χ1) is 10.3. The second kappa shape index (κ2) is 4.66. The van der Waals surface area contributed by atoms with Gasteiger partial charge in [0.1, 0.15) is 5.82 Å². The van der Waals surface area contributed by atoms with Crippen molar-refractivity contribution < 1.29 is 9.47 Å². The largest absolute Gasteiger partial charge is 0.489 e. The fraction of sp³-hybridized carbons (Fsp3) is 0.200. The van der Waals surface area contributed by atoms with Gasteiger partial charge in [-0.2, -0.15) is 0 Å². The summed E-state index contributed by atoms with van der Waals surface area (Å²) in [6, 6.07) is 5.66. The van der Waals surface area contributed by atoms with E-state index in [0.29, 0.717) is 18.9 Å². The van der Waals surface area contributed by atoms with Gasteiger partial charge in [0.2, 0.25) is 0 Å². The van der Waals surface area contributed by atoms with Crippen LogP contribution in [0.15, 0.2) is 30.6 Å². The quantitative estimate of drug-likeness (QED) is 0.715. The Kier molecular flexibility index (Phi) is 2.67. The number of aromatic nitrogens is 3. The van der Waals surface area contributed by atoms with Crippen molar-refractivity contribution in [3.05, 3.63) is 30.6 Å². The minimum Gasteiger partial charge on any atom is -0.489 e. The molecule has 21 heavy (non-hydrogen) atoms. The zero-order chi connectivity index (χ0) is 14.2. The molecule has 0 spiro atoms. The predicted octanol–water partition coefficient (Wildman–Crippen LogP) is 2.37. The molecule has 1 aliphatic rings. The van der Waals surface area contributed by atoms with Crippen LogP contribution in [0.25, 0.3) is 22.4 Å². The molecule has 6 heteroatoms. The number of aromatic amines is 1. The van der Waals surface area contributed by atoms with Gasteiger partial charge in [0.15, 0.2) is 11.5 Å². The number of hydrogen-bond acceptors (Lipinski definition) is 5. The third kappa shape index (κ3) is 2.14. The molecule has 0 bridgehead atoms. The molecule has 0 saturated heterocycles. The van der Waals surface area contributed by atoms with Gasteiger partial charge in [-0.3, -0.25) is 4.98 Å². The summed E-state index contributed by atoms with van der Waals surface area (Å²) < 4.78 is 11.4. The highest BCUT2D eigenvalue weighted by Gasteiger charge is 2.14. The van der Waals surface area contributed by atoms with Crippen molar-refractivity contribution in [1.82, 2.24) is 15.0 Å². The van der Waals surface area contributed by atoms with E-state index in [1.807, 2.05) is 18.2 Å². The summed E-state index contributed by atoms with van der Waals surface area (Å²) in [4.78, 5) is 11.9. The molecule has 106 valence electrons. The Morgan fingerprint density at radius 3 is 2.67 bits per heavy atom. The Labute approximate surface area is 120 Å². The molecule has 0 radical (unpaired) electrons. The van der Waals surface area contributed by atoms with E-state index in [4.69, 9.17) is 15.2 Å². The van der Waals surface area contributed by atoms with E-state index in [2.05, 4.69) is 15.0 Å². The van der Waals surface area contributed by atoms with Crippen LogP contribution < -0.4 is 15.2 Å². The molecule has 0 unspecified atom stereocenters. The van der Waals surface area contributed by atoms with Gasteiger partial charge in [-0.1, -0.05) is 0 Å². The number of fused-ring (bicyclic) bond motifs is 2. The number of ether oxygens (including phenoxy) is 2. The normalized spacial score (nSPS) is 14.1. The summed E-state index contributed by atoms with van der Waals surface area (Å²) in [5, 5.41) is 0. The Hall–Kier alpha value is -2.76. The minimum absolute atomic E-state index is 0.607. The van der Waals surface area contributed by atoms with E-state index < -0.39 is 0 Å². The minimum atomic E-state index is 0.607. The number of nitrogens with two attached hydrogens (primary N) is 1. The number of nitrogens with one attached hydrogen (secondary N) is 1. The molecule has 3 N–H and O–H groups in total. The van der Waals surface area contributed by atoms with Crippen LogP contribution in [0.5, 0.6) is 11.5 Å². The summed E-state index contributed by atoms with van der Waals surface area (Å²) in [5.74, 6) is 2.22. The van der Waals surface area contributed by atoms with Crippen LogP contribution in [0.3, 0.4) is 0 Å². The third-order valence-electron chi connectivity index (χ3n) is 3.38. The van der Waals surface area contributed by atoms with Crippen LogP contribution in [0.4, 0.5) is 5.69 Å². The second-order valence-corrected chi connectivity index (χ2v) is 4.96. The average Bonchev–Trinajstić information content (AvgIpc) is 2.76. The monoisotopic (exact) mass is 282 g/mol. The molecule has 4 rings (SSSR count). The maximum Gasteiger partial charge on any atom is 0.163 e. The van der Waals surface area contributed by atoms with Crippen molar-refractivity contribution >= 4 is 16.7 Å². The van der Waals surface area contributed by atoms with Gasteiger partial charge in [-0.25, -0.2) is 4.98 Å². The standard InChI is InChI=1S/C15H14N4O2/c16-10-4-9(7-17-8-10)15-18-11-5-13-14(6-12(11)19-15)21-3-1-2-20-13/h4-8H,1-3,16H2,(H,18,19). The van der Waals surface area contributed by atoms with E-state index in [-0.39, 0.29) is 0 Å². The summed E-state index contributed by atoms with van der Waals surface area (Å²) >= 11 is 0. The number of hydrogen-bond donors (Lipinski definition) is 2. The zero-order valence-electron chi connectivity index (χ0n) is 11.3. The van der Waals surface area contributed by atoms with Crippen molar-refractivity contribution in [1.29, 1.82) is 0 Å². The van der Waals surface area contributed by atoms with Crippen molar-refractivity contribution in [2.24, 2.45) is 0 Å². The number of H-pyrrole nitrogens is 1. The Morgan fingerprint density at radius 1 is 1.05 bits per heavy atom. The number of pyridine rings is 1. The molecule has 6 nitrogen and oxygen atoms in total. The number of nitrogen functional groups attached to an aromatic ring is 1. The summed E-state index contributed by atoms with van der Waals surface area (Å²) in [5.41, 5.74) is 8.95. The Bertz CT molecular complexity index is 770. The molecule has 3 aromatic rings. The van der Waals surface area contributed by atoms with Gasteiger partial charge >= 0.3 is 0 Å². The number of nitrogens with zero attached hydrogens (tertiary/aromatic N) is 2. The van der Waals surface area contributed by atoms with Crippen LogP contribution in [0.2, 0.25) is 0 Å². The average molecular weight is 282 g/mol. The lowest BCUT2D eigenvalue weighted by atomic mass is 10.2. The molecule has 0 amide bonds. The highest BCUT2D eigenvalue weighted by Crippen LogP contribution is 2.34. The smallest absolute Gasteiger partial charge is 0.163 e. The summed E-state index contributed by atoms with van der Waals surface area (Å²) in [6.07, 6.45) is 4.22. The van der Waals surface area contributed by atoms with E-state index >= 15 is 0 Å². The number of anilines is 1. The zero-order valence-corrected chi connectivity index (χ0v) is 11.3. The van der Waals surface area contributed by atoms with E-state index in [0.717, 1.165) is 40.3 Å². The first-order valence-corrected chi connectivity index (χ1v) is 6.80. The molecule has 1 aromatic carbocycles. The lowest BCUT2D eigenvalue weighted by Crippen LogP contribution is -1.97. The highest BCUT2D eigenvalue weighted by atomic mass is 16.5. The molecular weight excluding hydrogens is 268 g/mol. The molecule has 0 atom stereocenters. The van der Waals surface area contributed by atoms with Crippen molar-refractivity contribution in [3.8, 4) is 22.9 Å². The fourth-order valence-corrected chi connectivity index (χ4v) is 2.39. The molecule has 2 aromatic heterocycles. The van der Waals surface area contributed by atoms with Crippen LogP contribution in [0, 0.1) is 0 Å². The van der Waals surface area contributed by atoms with E-state index in [1.165, 1.54) is 0 Å². The predicted molar refractivity (Wildman–Crippen MR) is 79.3 cm³/mol. The Balaban J connectivity index is 1.83. The number of imidazole rings is 1. The highest BCUT2D eigenvalue weighted by molar-refractivity contribution is 5.83. The first-order valence-electron chi connectivity index (χ1n) is 6.80. The van der Waals surface area contributed by atoms with Crippen LogP contribution in [0.1, 0.15) is 6.42 Å². The van der Waals surface area contributed by atoms with Gasteiger partial charge in [-0.05, 0) is 6.07 Å². The SMILES string of the molecule is Nc1cncc(-c2nc3cc4c(cc3[nH]2)OCCCO4)c1. The van der Waals surface area contributed by atoms with E-state index in [9.17, 15) is 0 Å². The lowest BCUT2D eigenvalue weighted by Gasteiger charge is -2.05. The Morgan fingerprint density at radius 2 is 1.86 bits per heavy atom. The van der Waals surface area contributed by atoms with Crippen LogP contribution >= 0.6 is 0 Å². The molecule has 3 heterocycles. The lowest BCUT2D eigenvalue weighted by molar-refractivity contribution is 0.297. The maximum absolute atomic E-state index is 5.76. The summed E-state index contributed by atoms with van der Waals surface area (Å²) in [6.45, 7) is 1.33. The van der Waals surface area contributed by atoms with E-state index in [1.54, 1.807) is 12.4 Å². The van der Waals surface area contributed by atoms with Crippen molar-refractivity contribution in [3.63, 3.8) is 0 Å². The molecule has 0 fully saturated rings. The van der Waals surface area contributed by atoms with Gasteiger partial charge in [0.05, 0.1) is 29.9 Å². The maximum atomic E-state index is 5.76. The van der Waals surface area contributed by atoms with Gasteiger partial charge in [-0.15, -0.1) is 0 Å². The molecule has 0 aliphatic carbocycles. The van der Waals surface area contributed by atoms with Crippen molar-refractivity contribution in [2.75, 3.05) is 18.9 Å². The van der Waals surface area contributed by atoms with Crippen LogP contribution in [-0.4, -0.2) is 28.2 Å². The topological polar surface area (TPSA) is 86.1 Å². The fourth-order valence-electron chi connectivity index (χ4n) is 2.39. The van der Waals surface area contributed by atoms with Gasteiger partial charge in [0, 0.05) is 36.5 Å². The third-order valence-corrected chi connectivity index (χ3v) is 3.38. The number of rotatable bonds is 1. The summed E-state index contributed by atoms with van der Waals surface area (Å²) in [7, 11) is 0. The first kappa shape index (κ1) is 12.0. The van der Waals surface area contributed by atoms with Crippen LogP contribution in [-0.2, 0) is 0 Å². The van der Waals surface area contributed by atoms with Gasteiger partial charge in [0.25, 0.3) is 0 Å². The molecule has 1 aliphatic heterocycles. The number of benzene rings is 1. The molecule has 0 saturated carbocycles. The molecular formula is C15H14N4O2. The second-order valence-electron chi connectivity index (χ2n) is 4.96. The van der Waals surface area contributed by atoms with Crippen molar-refractivity contribution in [2.45, 2.75) is 6.42 Å².